The second-order valence-corrected chi connectivity index (χ2v) is 15.9. The SMILES string of the molecule is CC[C@@H](C)CC(=O)O[C@@H]1C(C)[C@H](O[Si](C)(C)C(C)(C)C(C)C)OC2COC(C)(C)O[C@H]21. The van der Waals surface area contributed by atoms with Gasteiger partial charge < -0.3 is 23.4 Å². The Morgan fingerprint density at radius 1 is 1.23 bits per heavy atom. The summed E-state index contributed by atoms with van der Waals surface area (Å²) >= 11 is 0. The van der Waals surface area contributed by atoms with E-state index in [0.29, 0.717) is 18.9 Å². The molecule has 6 atom stereocenters. The van der Waals surface area contributed by atoms with Crippen LogP contribution in [0.15, 0.2) is 0 Å². The van der Waals surface area contributed by atoms with E-state index in [1.807, 2.05) is 20.8 Å². The molecule has 2 rings (SSSR count). The molecule has 2 saturated heterocycles. The quantitative estimate of drug-likeness (QED) is 0.353. The van der Waals surface area contributed by atoms with Crippen LogP contribution in [0.1, 0.15) is 75.2 Å². The van der Waals surface area contributed by atoms with Crippen LogP contribution < -0.4 is 0 Å². The van der Waals surface area contributed by atoms with Gasteiger partial charge in [-0.1, -0.05) is 54.9 Å². The van der Waals surface area contributed by atoms with Crippen molar-refractivity contribution in [1.82, 2.24) is 0 Å². The maximum atomic E-state index is 12.7. The minimum atomic E-state index is -2.16. The number of fused-ring (bicyclic) bond motifs is 1. The van der Waals surface area contributed by atoms with Crippen molar-refractivity contribution >= 4 is 14.3 Å². The van der Waals surface area contributed by atoms with E-state index in [4.69, 9.17) is 23.4 Å². The molecule has 0 aromatic rings. The lowest BCUT2D eigenvalue weighted by molar-refractivity contribution is -0.368. The van der Waals surface area contributed by atoms with E-state index in [9.17, 15) is 4.79 Å². The van der Waals surface area contributed by atoms with E-state index in [-0.39, 0.29) is 35.1 Å². The van der Waals surface area contributed by atoms with Crippen molar-refractivity contribution in [3.8, 4) is 0 Å². The average Bonchev–Trinajstić information content (AvgIpc) is 2.64. The molecule has 2 unspecified atom stereocenters. The van der Waals surface area contributed by atoms with E-state index >= 15 is 0 Å². The fourth-order valence-electron chi connectivity index (χ4n) is 4.04. The van der Waals surface area contributed by atoms with E-state index in [1.165, 1.54) is 0 Å². The van der Waals surface area contributed by atoms with Gasteiger partial charge in [-0.15, -0.1) is 0 Å². The smallest absolute Gasteiger partial charge is 0.306 e. The van der Waals surface area contributed by atoms with Crippen LogP contribution in [-0.2, 0) is 28.2 Å². The predicted octanol–water partition coefficient (Wildman–Crippen LogP) is 5.50. The first-order valence-electron chi connectivity index (χ1n) is 12.0. The number of carbonyl (C=O) groups is 1. The molecule has 0 aliphatic carbocycles. The molecule has 31 heavy (non-hydrogen) atoms. The first kappa shape index (κ1) is 26.8. The van der Waals surface area contributed by atoms with Crippen molar-refractivity contribution in [2.24, 2.45) is 17.8 Å². The number of hydrogen-bond acceptors (Lipinski definition) is 6. The van der Waals surface area contributed by atoms with Gasteiger partial charge in [-0.3, -0.25) is 4.79 Å². The van der Waals surface area contributed by atoms with E-state index in [2.05, 4.69) is 54.6 Å². The molecule has 0 saturated carbocycles. The monoisotopic (exact) mass is 458 g/mol. The standard InChI is InChI=1S/C24H46O6Si/c1-12-16(4)13-19(25)28-20-17(5)22(30-31(10,11)23(6,7)15(2)3)27-18-14-26-24(8,9)29-21(18)20/h15-18,20-22H,12-14H2,1-11H3/t16-,17?,18?,20-,21-,22+/m1/s1. The molecule has 0 radical (unpaired) electrons. The summed E-state index contributed by atoms with van der Waals surface area (Å²) in [5, 5.41) is 0.0528. The molecular formula is C24H46O6Si. The first-order valence-corrected chi connectivity index (χ1v) is 14.9. The van der Waals surface area contributed by atoms with E-state index in [1.54, 1.807) is 0 Å². The predicted molar refractivity (Wildman–Crippen MR) is 124 cm³/mol. The lowest BCUT2D eigenvalue weighted by atomic mass is 9.91. The van der Waals surface area contributed by atoms with Crippen LogP contribution in [0, 0.1) is 17.8 Å². The Morgan fingerprint density at radius 3 is 2.39 bits per heavy atom. The highest BCUT2D eigenvalue weighted by Crippen LogP contribution is 2.47. The third-order valence-electron chi connectivity index (χ3n) is 7.85. The third kappa shape index (κ3) is 6.11. The second kappa shape index (κ2) is 9.80. The van der Waals surface area contributed by atoms with Crippen molar-refractivity contribution in [1.29, 1.82) is 0 Å². The number of carbonyl (C=O) groups excluding carboxylic acids is 1. The topological polar surface area (TPSA) is 63.2 Å². The first-order chi connectivity index (χ1) is 14.1. The van der Waals surface area contributed by atoms with Gasteiger partial charge >= 0.3 is 5.97 Å². The van der Waals surface area contributed by atoms with Crippen molar-refractivity contribution in [3.63, 3.8) is 0 Å². The fourth-order valence-corrected chi connectivity index (χ4v) is 6.58. The van der Waals surface area contributed by atoms with E-state index in [0.717, 1.165) is 6.42 Å². The lowest BCUT2D eigenvalue weighted by Gasteiger charge is -2.52. The van der Waals surface area contributed by atoms with Crippen LogP contribution in [0.5, 0.6) is 0 Å². The molecule has 0 spiro atoms. The molecule has 0 aromatic carbocycles. The molecule has 0 aromatic heterocycles. The van der Waals surface area contributed by atoms with Crippen LogP contribution >= 0.6 is 0 Å². The molecule has 2 aliphatic heterocycles. The second-order valence-electron chi connectivity index (χ2n) is 11.4. The summed E-state index contributed by atoms with van der Waals surface area (Å²) in [4.78, 5) is 12.7. The Morgan fingerprint density at radius 2 is 1.84 bits per heavy atom. The van der Waals surface area contributed by atoms with Crippen LogP contribution in [0.3, 0.4) is 0 Å². The summed E-state index contributed by atoms with van der Waals surface area (Å²) < 4.78 is 31.3. The van der Waals surface area contributed by atoms with Crippen LogP contribution in [0.25, 0.3) is 0 Å². The molecule has 2 heterocycles. The van der Waals surface area contributed by atoms with Gasteiger partial charge in [0.05, 0.1) is 6.61 Å². The highest BCUT2D eigenvalue weighted by molar-refractivity contribution is 6.74. The van der Waals surface area contributed by atoms with Crippen LogP contribution in [0.2, 0.25) is 18.1 Å². The Kier molecular flexibility index (Phi) is 8.46. The molecule has 7 heteroatoms. The minimum absolute atomic E-state index is 0.0528. The summed E-state index contributed by atoms with van der Waals surface area (Å²) in [6.45, 7) is 23.9. The van der Waals surface area contributed by atoms with E-state index < -0.39 is 26.5 Å². The van der Waals surface area contributed by atoms with Gasteiger partial charge in [-0.2, -0.15) is 0 Å². The highest BCUT2D eigenvalue weighted by atomic mass is 28.4. The number of hydrogen-bond donors (Lipinski definition) is 0. The van der Waals surface area contributed by atoms with Gasteiger partial charge in [0.25, 0.3) is 0 Å². The summed E-state index contributed by atoms with van der Waals surface area (Å²) in [5.74, 6) is -0.307. The zero-order valence-electron chi connectivity index (χ0n) is 21.6. The van der Waals surface area contributed by atoms with Crippen LogP contribution in [0.4, 0.5) is 0 Å². The highest BCUT2D eigenvalue weighted by Gasteiger charge is 2.54. The Balaban J connectivity index is 2.26. The average molecular weight is 459 g/mol. The Bertz CT molecular complexity index is 617. The zero-order valence-corrected chi connectivity index (χ0v) is 22.6. The minimum Gasteiger partial charge on any atom is -0.459 e. The summed E-state index contributed by atoms with van der Waals surface area (Å²) in [6, 6.07) is 0. The molecule has 2 fully saturated rings. The molecule has 0 bridgehead atoms. The maximum Gasteiger partial charge on any atom is 0.306 e. The van der Waals surface area contributed by atoms with Gasteiger partial charge in [-0.25, -0.2) is 0 Å². The van der Waals surface area contributed by atoms with Crippen molar-refractivity contribution in [2.45, 2.75) is 124 Å². The molecule has 0 N–H and O–H groups in total. The van der Waals surface area contributed by atoms with Gasteiger partial charge in [-0.05, 0) is 43.8 Å². The van der Waals surface area contributed by atoms with Gasteiger partial charge in [0.2, 0.25) is 0 Å². The molecule has 2 aliphatic rings. The van der Waals surface area contributed by atoms with Gasteiger partial charge in [0.1, 0.15) is 18.3 Å². The summed E-state index contributed by atoms with van der Waals surface area (Å²) in [5.41, 5.74) is 0. The van der Waals surface area contributed by atoms with Crippen molar-refractivity contribution in [2.75, 3.05) is 6.61 Å². The number of rotatable bonds is 8. The Hall–Kier alpha value is -0.473. The summed E-state index contributed by atoms with van der Waals surface area (Å²) in [6.07, 6.45) is -0.252. The third-order valence-corrected chi connectivity index (χ3v) is 12.3. The van der Waals surface area contributed by atoms with Gasteiger partial charge in [0.15, 0.2) is 20.4 Å². The molecule has 182 valence electrons. The molecule has 0 amide bonds. The lowest BCUT2D eigenvalue weighted by Crippen LogP contribution is -2.64. The fraction of sp³-hybridized carbons (Fsp3) is 0.958. The molecular weight excluding hydrogens is 412 g/mol. The van der Waals surface area contributed by atoms with Crippen molar-refractivity contribution in [3.05, 3.63) is 0 Å². The maximum absolute atomic E-state index is 12.7. The number of esters is 1. The Labute approximate surface area is 190 Å². The van der Waals surface area contributed by atoms with Crippen LogP contribution in [-0.4, -0.2) is 51.3 Å². The largest absolute Gasteiger partial charge is 0.459 e. The normalized spacial score (nSPS) is 32.5. The summed E-state index contributed by atoms with van der Waals surface area (Å²) in [7, 11) is -2.16. The van der Waals surface area contributed by atoms with Crippen molar-refractivity contribution < 1.29 is 28.2 Å². The molecule has 6 nitrogen and oxygen atoms in total. The van der Waals surface area contributed by atoms with Gasteiger partial charge in [0, 0.05) is 12.3 Å². The number of ether oxygens (including phenoxy) is 4. The zero-order chi connectivity index (χ0) is 23.8.